The lowest BCUT2D eigenvalue weighted by Crippen LogP contribution is -2.28. The van der Waals surface area contributed by atoms with E-state index in [2.05, 4.69) is 105 Å². The van der Waals surface area contributed by atoms with Crippen molar-refractivity contribution in [3.05, 3.63) is 145 Å². The Morgan fingerprint density at radius 2 is 1.55 bits per heavy atom. The molecule has 1 aliphatic carbocycles. The predicted molar refractivity (Wildman–Crippen MR) is 268 cm³/mol. The molecule has 2 atom stereocenters. The molecule has 4 aromatic carbocycles. The summed E-state index contributed by atoms with van der Waals surface area (Å²) in [5.74, 6) is 1.92. The molecule has 338 valence electrons. The van der Waals surface area contributed by atoms with Crippen molar-refractivity contribution in [2.75, 3.05) is 47.4 Å². The van der Waals surface area contributed by atoms with Crippen molar-refractivity contribution in [1.29, 1.82) is 0 Å². The van der Waals surface area contributed by atoms with Crippen LogP contribution in [0.5, 0.6) is 0 Å². The zero-order valence-electron chi connectivity index (χ0n) is 36.7. The summed E-state index contributed by atoms with van der Waals surface area (Å²) >= 11 is 14.4. The molecule has 3 aliphatic rings. The summed E-state index contributed by atoms with van der Waals surface area (Å²) in [6, 6.07) is 25.0. The van der Waals surface area contributed by atoms with Crippen LogP contribution >= 0.6 is 34.5 Å². The number of para-hydroxylation sites is 2. The lowest BCUT2D eigenvalue weighted by atomic mass is 9.96. The second kappa shape index (κ2) is 19.3. The normalized spacial score (nSPS) is 16.5. The third-order valence-corrected chi connectivity index (χ3v) is 14.3. The first-order valence-corrected chi connectivity index (χ1v) is 24.2. The molecule has 1 saturated carbocycles. The molecule has 0 radical (unpaired) electrons. The predicted octanol–water partition coefficient (Wildman–Crippen LogP) is 12.6. The Balaban J connectivity index is 0.884. The topological polar surface area (TPSA) is 115 Å². The molecule has 5 heterocycles. The number of halogens is 4. The van der Waals surface area contributed by atoms with Crippen LogP contribution in [0.25, 0.3) is 33.0 Å². The molecule has 7 aromatic rings. The Kier molecular flexibility index (Phi) is 12.9. The number of nitrogens with one attached hydrogen (secondary N) is 5. The summed E-state index contributed by atoms with van der Waals surface area (Å²) in [6.45, 7) is 8.22. The van der Waals surface area contributed by atoms with E-state index in [1.165, 1.54) is 41.0 Å². The van der Waals surface area contributed by atoms with Crippen LogP contribution in [-0.4, -0.2) is 57.1 Å². The zero-order valence-corrected chi connectivity index (χ0v) is 39.0. The SMILES string of the molecule is C[C@@H](Nc1nc(NCc2cc(CN3CC=C(c4cccc5c(N[C@H](C)C6CC6)nc(Nc6ccc(F)c(Cl)c6)nc45)CC3)cc(Cl)c2F)nc2c(C3=CCNCC3)cccc12)c1cccs1. The molecule has 0 bridgehead atoms. The van der Waals surface area contributed by atoms with Gasteiger partial charge in [0, 0.05) is 76.8 Å². The van der Waals surface area contributed by atoms with Crippen molar-refractivity contribution in [1.82, 2.24) is 30.2 Å². The highest BCUT2D eigenvalue weighted by Crippen LogP contribution is 2.38. The fourth-order valence-electron chi connectivity index (χ4n) is 8.95. The highest BCUT2D eigenvalue weighted by molar-refractivity contribution is 7.10. The zero-order chi connectivity index (χ0) is 45.3. The van der Waals surface area contributed by atoms with E-state index < -0.39 is 11.6 Å². The van der Waals surface area contributed by atoms with Crippen LogP contribution in [-0.2, 0) is 13.1 Å². The summed E-state index contributed by atoms with van der Waals surface area (Å²) in [5, 5.41) is 21.4. The number of anilines is 5. The van der Waals surface area contributed by atoms with E-state index in [-0.39, 0.29) is 28.7 Å². The number of nitrogens with zero attached hydrogens (tertiary/aromatic N) is 5. The highest BCUT2D eigenvalue weighted by atomic mass is 35.5. The fourth-order valence-corrected chi connectivity index (χ4v) is 10.1. The summed E-state index contributed by atoms with van der Waals surface area (Å²) in [4.78, 5) is 23.5. The molecule has 1 fully saturated rings. The molecular weight excluding hydrogens is 894 g/mol. The molecular formula is C51H50Cl2F2N10S. The Bertz CT molecular complexity index is 2990. The maximum absolute atomic E-state index is 15.8. The van der Waals surface area contributed by atoms with Gasteiger partial charge in [-0.1, -0.05) is 65.7 Å². The molecule has 2 aliphatic heterocycles. The van der Waals surface area contributed by atoms with E-state index in [9.17, 15) is 4.39 Å². The van der Waals surface area contributed by atoms with Gasteiger partial charge in [0.05, 0.1) is 27.1 Å². The number of rotatable bonds is 15. The lowest BCUT2D eigenvalue weighted by molar-refractivity contribution is 0.294. The monoisotopic (exact) mass is 942 g/mol. The Morgan fingerprint density at radius 3 is 2.23 bits per heavy atom. The van der Waals surface area contributed by atoms with Gasteiger partial charge in [0.15, 0.2) is 0 Å². The molecule has 10 nitrogen and oxygen atoms in total. The van der Waals surface area contributed by atoms with E-state index in [1.54, 1.807) is 23.5 Å². The van der Waals surface area contributed by atoms with Crippen LogP contribution in [0.15, 0.2) is 96.4 Å². The average Bonchev–Trinajstić information content (AvgIpc) is 4.04. The summed E-state index contributed by atoms with van der Waals surface area (Å²) in [7, 11) is 0. The van der Waals surface area contributed by atoms with Crippen LogP contribution in [0.3, 0.4) is 0 Å². The largest absolute Gasteiger partial charge is 0.367 e. The number of hydrogen-bond donors (Lipinski definition) is 5. The quantitative estimate of drug-likeness (QED) is 0.0681. The number of fused-ring (bicyclic) bond motifs is 2. The first-order chi connectivity index (χ1) is 32.1. The molecule has 0 unspecified atom stereocenters. The molecule has 0 saturated heterocycles. The standard InChI is InChI=1S/C51H50Cl2F2N10S/c1-29(32-11-12-32)58-48-40-9-4-7-38(47(40)62-51(64-48)60-36-13-14-43(54)41(52)26-36)34-17-21-65(22-18-34)28-31-24-35(45(55)42(53)25-31)27-57-50-61-46-37(33-15-19-56-20-16-33)6-3-8-39(46)49(63-50)59-30(2)44-10-5-23-66-44/h3-10,13-15,17,23-26,29-30,32,56H,11-12,16,18-22,27-28H2,1-2H3,(H2,57,59,61,63)(H2,58,60,62,64)/t29-,30-/m1/s1. The smallest absolute Gasteiger partial charge is 0.229 e. The van der Waals surface area contributed by atoms with Crippen LogP contribution in [0, 0.1) is 17.6 Å². The number of hydrogen-bond acceptors (Lipinski definition) is 11. The number of aromatic nitrogens is 4. The lowest BCUT2D eigenvalue weighted by Gasteiger charge is -2.27. The van der Waals surface area contributed by atoms with Gasteiger partial charge in [-0.25, -0.2) is 18.7 Å². The Hall–Kier alpha value is -5.70. The molecule has 5 N–H and O–H groups in total. The van der Waals surface area contributed by atoms with Crippen molar-refractivity contribution < 1.29 is 8.78 Å². The van der Waals surface area contributed by atoms with Crippen molar-refractivity contribution in [3.63, 3.8) is 0 Å². The van der Waals surface area contributed by atoms with Crippen molar-refractivity contribution in [2.45, 2.75) is 64.7 Å². The van der Waals surface area contributed by atoms with Crippen molar-refractivity contribution >= 4 is 96.7 Å². The first-order valence-electron chi connectivity index (χ1n) is 22.6. The third-order valence-electron chi connectivity index (χ3n) is 12.7. The van der Waals surface area contributed by atoms with E-state index in [0.717, 1.165) is 76.8 Å². The number of benzene rings is 4. The fraction of sp³-hybridized carbons (Fsp3) is 0.294. The molecule has 0 amide bonds. The van der Waals surface area contributed by atoms with Gasteiger partial charge >= 0.3 is 0 Å². The molecule has 0 spiro atoms. The third kappa shape index (κ3) is 9.72. The summed E-state index contributed by atoms with van der Waals surface area (Å²) in [5.41, 5.74) is 8.15. The molecule has 10 rings (SSSR count). The van der Waals surface area contributed by atoms with Gasteiger partial charge in [0.1, 0.15) is 23.3 Å². The van der Waals surface area contributed by atoms with Crippen LogP contribution in [0.4, 0.5) is 38.0 Å². The van der Waals surface area contributed by atoms with Gasteiger partial charge in [-0.3, -0.25) is 4.90 Å². The highest BCUT2D eigenvalue weighted by Gasteiger charge is 2.29. The van der Waals surface area contributed by atoms with Crippen LogP contribution < -0.4 is 26.6 Å². The Morgan fingerprint density at radius 1 is 0.803 bits per heavy atom. The minimum Gasteiger partial charge on any atom is -0.367 e. The summed E-state index contributed by atoms with van der Waals surface area (Å²) < 4.78 is 29.8. The summed E-state index contributed by atoms with van der Waals surface area (Å²) in [6.07, 6.45) is 8.54. The molecule has 15 heteroatoms. The van der Waals surface area contributed by atoms with E-state index in [4.69, 9.17) is 43.1 Å². The van der Waals surface area contributed by atoms with E-state index in [0.29, 0.717) is 48.0 Å². The van der Waals surface area contributed by atoms with Crippen LogP contribution in [0.2, 0.25) is 10.0 Å². The van der Waals surface area contributed by atoms with Crippen molar-refractivity contribution in [2.24, 2.45) is 5.92 Å². The first kappa shape index (κ1) is 44.2. The average molecular weight is 944 g/mol. The van der Waals surface area contributed by atoms with E-state index >= 15 is 4.39 Å². The molecule has 3 aromatic heterocycles. The minimum atomic E-state index is -0.489. The second-order valence-electron chi connectivity index (χ2n) is 17.4. The Labute approximate surface area is 397 Å². The maximum atomic E-state index is 15.8. The van der Waals surface area contributed by atoms with Crippen LogP contribution in [0.1, 0.15) is 72.7 Å². The van der Waals surface area contributed by atoms with Gasteiger partial charge in [-0.2, -0.15) is 9.97 Å². The number of thiophene rings is 1. The van der Waals surface area contributed by atoms with Gasteiger partial charge < -0.3 is 26.6 Å². The van der Waals surface area contributed by atoms with Crippen molar-refractivity contribution in [3.8, 4) is 0 Å². The second-order valence-corrected chi connectivity index (χ2v) is 19.2. The van der Waals surface area contributed by atoms with Gasteiger partial charge in [0.2, 0.25) is 11.9 Å². The maximum Gasteiger partial charge on any atom is 0.229 e. The van der Waals surface area contributed by atoms with E-state index in [1.807, 2.05) is 12.1 Å². The van der Waals surface area contributed by atoms with Gasteiger partial charge in [0.25, 0.3) is 0 Å². The van der Waals surface area contributed by atoms with Gasteiger partial charge in [-0.05, 0) is 123 Å². The minimum absolute atomic E-state index is 0.0206. The van der Waals surface area contributed by atoms with Gasteiger partial charge in [-0.15, -0.1) is 11.3 Å². The molecule has 66 heavy (non-hydrogen) atoms.